The van der Waals surface area contributed by atoms with Crippen LogP contribution in [-0.2, 0) is 22.1 Å². The van der Waals surface area contributed by atoms with Gasteiger partial charge < -0.3 is 16.4 Å². The van der Waals surface area contributed by atoms with Crippen molar-refractivity contribution in [3.63, 3.8) is 0 Å². The standard InChI is InChI=1S/C17H23N5O2/c1-17(2,16(18)24)12-5-7-13(8-6-12)21-15(23)14(19-3)11-9-20-22(4)10-11/h5-10,14,19H,1-4H3,(H2,18,24)(H,21,23). The lowest BCUT2D eigenvalue weighted by atomic mass is 9.84. The molecule has 1 atom stereocenters. The maximum absolute atomic E-state index is 12.5. The van der Waals surface area contributed by atoms with Gasteiger partial charge in [0.15, 0.2) is 0 Å². The number of aromatic nitrogens is 2. The van der Waals surface area contributed by atoms with Crippen LogP contribution in [0.4, 0.5) is 5.69 Å². The molecule has 1 unspecified atom stereocenters. The number of carbonyl (C=O) groups excluding carboxylic acids is 2. The van der Waals surface area contributed by atoms with Crippen LogP contribution in [0.3, 0.4) is 0 Å². The van der Waals surface area contributed by atoms with Crippen molar-refractivity contribution >= 4 is 17.5 Å². The summed E-state index contributed by atoms with van der Waals surface area (Å²) in [6.07, 6.45) is 3.44. The van der Waals surface area contributed by atoms with Crippen LogP contribution in [0.15, 0.2) is 36.7 Å². The number of primary amides is 1. The predicted octanol–water partition coefficient (Wildman–Crippen LogP) is 1.08. The topological polar surface area (TPSA) is 102 Å². The van der Waals surface area contributed by atoms with Gasteiger partial charge in [-0.3, -0.25) is 14.3 Å². The first kappa shape index (κ1) is 17.7. The number of nitrogens with one attached hydrogen (secondary N) is 2. The minimum Gasteiger partial charge on any atom is -0.369 e. The summed E-state index contributed by atoms with van der Waals surface area (Å²) in [6.45, 7) is 3.53. The first-order valence-corrected chi connectivity index (χ1v) is 7.63. The number of nitrogens with zero attached hydrogens (tertiary/aromatic N) is 2. The fourth-order valence-corrected chi connectivity index (χ4v) is 2.37. The van der Waals surface area contributed by atoms with E-state index in [0.29, 0.717) is 5.69 Å². The van der Waals surface area contributed by atoms with Crippen molar-refractivity contribution in [3.8, 4) is 0 Å². The maximum atomic E-state index is 12.5. The number of hydrogen-bond acceptors (Lipinski definition) is 4. The van der Waals surface area contributed by atoms with Gasteiger partial charge in [0.05, 0.1) is 11.6 Å². The molecule has 0 aliphatic rings. The maximum Gasteiger partial charge on any atom is 0.246 e. The highest BCUT2D eigenvalue weighted by Crippen LogP contribution is 2.24. The van der Waals surface area contributed by atoms with Gasteiger partial charge in [0.25, 0.3) is 0 Å². The van der Waals surface area contributed by atoms with E-state index >= 15 is 0 Å². The van der Waals surface area contributed by atoms with Crippen LogP contribution >= 0.6 is 0 Å². The van der Waals surface area contributed by atoms with Crippen molar-refractivity contribution in [3.05, 3.63) is 47.8 Å². The van der Waals surface area contributed by atoms with Crippen molar-refractivity contribution in [2.45, 2.75) is 25.3 Å². The number of carbonyl (C=O) groups is 2. The molecule has 1 heterocycles. The van der Waals surface area contributed by atoms with Crippen LogP contribution in [0.25, 0.3) is 0 Å². The summed E-state index contributed by atoms with van der Waals surface area (Å²) < 4.78 is 1.65. The van der Waals surface area contributed by atoms with E-state index in [1.54, 1.807) is 69.3 Å². The number of benzene rings is 1. The summed E-state index contributed by atoms with van der Waals surface area (Å²) in [4.78, 5) is 24.0. The first-order chi connectivity index (χ1) is 11.3. The van der Waals surface area contributed by atoms with E-state index in [1.165, 1.54) is 0 Å². The molecule has 0 aliphatic heterocycles. The van der Waals surface area contributed by atoms with Crippen LogP contribution in [0.1, 0.15) is 31.0 Å². The van der Waals surface area contributed by atoms with Gasteiger partial charge in [0.2, 0.25) is 11.8 Å². The monoisotopic (exact) mass is 329 g/mol. The molecule has 2 amide bonds. The lowest BCUT2D eigenvalue weighted by Crippen LogP contribution is -2.35. The smallest absolute Gasteiger partial charge is 0.246 e. The molecule has 7 heteroatoms. The molecule has 0 spiro atoms. The third-order valence-electron chi connectivity index (χ3n) is 4.10. The van der Waals surface area contributed by atoms with E-state index < -0.39 is 17.4 Å². The van der Waals surface area contributed by atoms with E-state index in [1.807, 2.05) is 0 Å². The van der Waals surface area contributed by atoms with Gasteiger partial charge in [0.1, 0.15) is 6.04 Å². The summed E-state index contributed by atoms with van der Waals surface area (Å²) >= 11 is 0. The zero-order valence-corrected chi connectivity index (χ0v) is 14.3. The molecular weight excluding hydrogens is 306 g/mol. The zero-order valence-electron chi connectivity index (χ0n) is 14.3. The summed E-state index contributed by atoms with van der Waals surface area (Å²) in [6, 6.07) is 6.60. The highest BCUT2D eigenvalue weighted by Gasteiger charge is 2.27. The second kappa shape index (κ2) is 6.84. The van der Waals surface area contributed by atoms with E-state index in [9.17, 15) is 9.59 Å². The highest BCUT2D eigenvalue weighted by atomic mass is 16.2. The van der Waals surface area contributed by atoms with Crippen LogP contribution < -0.4 is 16.4 Å². The average molecular weight is 329 g/mol. The molecule has 4 N–H and O–H groups in total. The number of rotatable bonds is 6. The second-order valence-electron chi connectivity index (χ2n) is 6.22. The van der Waals surface area contributed by atoms with Gasteiger partial charge in [-0.05, 0) is 38.6 Å². The third-order valence-corrected chi connectivity index (χ3v) is 4.10. The average Bonchev–Trinajstić information content (AvgIpc) is 2.94. The van der Waals surface area contributed by atoms with Crippen molar-refractivity contribution in [2.75, 3.05) is 12.4 Å². The molecule has 0 radical (unpaired) electrons. The number of anilines is 1. The lowest BCUT2D eigenvalue weighted by Gasteiger charge is -2.21. The molecule has 0 fully saturated rings. The second-order valence-corrected chi connectivity index (χ2v) is 6.22. The Balaban J connectivity index is 2.13. The number of amides is 2. The SMILES string of the molecule is CNC(C(=O)Nc1ccc(C(C)(C)C(N)=O)cc1)c1cnn(C)c1. The Morgan fingerprint density at radius 2 is 1.88 bits per heavy atom. The minimum absolute atomic E-state index is 0.188. The first-order valence-electron chi connectivity index (χ1n) is 7.63. The Bertz CT molecular complexity index is 734. The fraction of sp³-hybridized carbons (Fsp3) is 0.353. The molecule has 2 rings (SSSR count). The number of hydrogen-bond donors (Lipinski definition) is 3. The molecule has 7 nitrogen and oxygen atoms in total. The zero-order chi connectivity index (χ0) is 17.9. The fourth-order valence-electron chi connectivity index (χ4n) is 2.37. The largest absolute Gasteiger partial charge is 0.369 e. The normalized spacial score (nSPS) is 12.7. The van der Waals surface area contributed by atoms with Crippen molar-refractivity contribution in [2.24, 2.45) is 12.8 Å². The number of nitrogens with two attached hydrogens (primary N) is 1. The Kier molecular flexibility index (Phi) is 5.04. The van der Waals surface area contributed by atoms with Crippen LogP contribution in [-0.4, -0.2) is 28.6 Å². The van der Waals surface area contributed by atoms with Crippen LogP contribution in [0, 0.1) is 0 Å². The molecule has 0 saturated carbocycles. The van der Waals surface area contributed by atoms with Crippen LogP contribution in [0.5, 0.6) is 0 Å². The van der Waals surface area contributed by atoms with E-state index in [2.05, 4.69) is 15.7 Å². The Morgan fingerprint density at radius 3 is 2.33 bits per heavy atom. The highest BCUT2D eigenvalue weighted by molar-refractivity contribution is 5.95. The van der Waals surface area contributed by atoms with Crippen molar-refractivity contribution in [1.29, 1.82) is 0 Å². The van der Waals surface area contributed by atoms with Gasteiger partial charge >= 0.3 is 0 Å². The van der Waals surface area contributed by atoms with Gasteiger partial charge in [-0.2, -0.15) is 5.10 Å². The van der Waals surface area contributed by atoms with Gasteiger partial charge in [-0.1, -0.05) is 12.1 Å². The summed E-state index contributed by atoms with van der Waals surface area (Å²) in [7, 11) is 3.52. The van der Waals surface area contributed by atoms with E-state index in [-0.39, 0.29) is 5.91 Å². The van der Waals surface area contributed by atoms with Gasteiger partial charge in [-0.25, -0.2) is 0 Å². The van der Waals surface area contributed by atoms with Gasteiger partial charge in [-0.15, -0.1) is 0 Å². The third kappa shape index (κ3) is 3.62. The molecule has 2 aromatic rings. The molecule has 1 aromatic carbocycles. The molecule has 0 bridgehead atoms. The molecular formula is C17H23N5O2. The summed E-state index contributed by atoms with van der Waals surface area (Å²) in [5.74, 6) is -0.585. The lowest BCUT2D eigenvalue weighted by molar-refractivity contribution is -0.122. The quantitative estimate of drug-likeness (QED) is 0.738. The molecule has 128 valence electrons. The van der Waals surface area contributed by atoms with Crippen LogP contribution in [0.2, 0.25) is 0 Å². The molecule has 1 aromatic heterocycles. The molecule has 24 heavy (non-hydrogen) atoms. The van der Waals surface area contributed by atoms with E-state index in [0.717, 1.165) is 11.1 Å². The molecule has 0 aliphatic carbocycles. The minimum atomic E-state index is -0.758. The Labute approximate surface area is 141 Å². The van der Waals surface area contributed by atoms with Crippen molar-refractivity contribution in [1.82, 2.24) is 15.1 Å². The predicted molar refractivity (Wildman–Crippen MR) is 92.3 cm³/mol. The Hall–Kier alpha value is -2.67. The summed E-state index contributed by atoms with van der Waals surface area (Å²) in [5, 5.41) is 9.91. The van der Waals surface area contributed by atoms with Crippen molar-refractivity contribution < 1.29 is 9.59 Å². The number of aryl methyl sites for hydroxylation is 1. The summed E-state index contributed by atoms with van der Waals surface area (Å²) in [5.41, 5.74) is 6.89. The van der Waals surface area contributed by atoms with E-state index in [4.69, 9.17) is 5.73 Å². The van der Waals surface area contributed by atoms with Gasteiger partial charge in [0, 0.05) is 24.5 Å². The Morgan fingerprint density at radius 1 is 1.25 bits per heavy atom. The molecule has 0 saturated heterocycles. The number of likely N-dealkylation sites (N-methyl/N-ethyl adjacent to an activating group) is 1.